The topological polar surface area (TPSA) is 46.5 Å². The first kappa shape index (κ1) is 18.4. The van der Waals surface area contributed by atoms with Gasteiger partial charge in [-0.3, -0.25) is 4.79 Å². The molecule has 2 aromatic carbocycles. The summed E-state index contributed by atoms with van der Waals surface area (Å²) in [5, 5.41) is 8.87. The van der Waals surface area contributed by atoms with E-state index in [-0.39, 0.29) is 24.8 Å². The van der Waals surface area contributed by atoms with Gasteiger partial charge in [-0.25, -0.2) is 8.78 Å². The highest BCUT2D eigenvalue weighted by Gasteiger charge is 2.59. The minimum Gasteiger partial charge on any atom is -0.491 e. The van der Waals surface area contributed by atoms with Crippen molar-refractivity contribution < 1.29 is 23.4 Å². The van der Waals surface area contributed by atoms with Crippen LogP contribution < -0.4 is 4.74 Å². The highest BCUT2D eigenvalue weighted by Crippen LogP contribution is 2.50. The molecule has 1 fully saturated rings. The maximum absolute atomic E-state index is 14.2. The van der Waals surface area contributed by atoms with E-state index in [1.165, 1.54) is 6.07 Å². The number of benzene rings is 2. The number of rotatable bonds is 7. The van der Waals surface area contributed by atoms with E-state index in [1.54, 1.807) is 24.3 Å². The molecule has 0 spiro atoms. The highest BCUT2D eigenvalue weighted by molar-refractivity contribution is 5.75. The lowest BCUT2D eigenvalue weighted by molar-refractivity contribution is -0.139. The monoisotopic (exact) mass is 360 g/mol. The molecule has 0 aromatic heterocycles. The van der Waals surface area contributed by atoms with Crippen molar-refractivity contribution in [3.8, 4) is 16.9 Å². The zero-order valence-corrected chi connectivity index (χ0v) is 14.8. The maximum Gasteiger partial charge on any atom is 0.309 e. The van der Waals surface area contributed by atoms with Crippen molar-refractivity contribution in [1.29, 1.82) is 0 Å². The number of halogens is 2. The molecule has 0 amide bonds. The van der Waals surface area contributed by atoms with E-state index in [1.807, 2.05) is 26.0 Å². The summed E-state index contributed by atoms with van der Waals surface area (Å²) in [7, 11) is 0. The smallest absolute Gasteiger partial charge is 0.309 e. The molecule has 0 bridgehead atoms. The zero-order valence-electron chi connectivity index (χ0n) is 14.8. The Morgan fingerprint density at radius 3 is 2.54 bits per heavy atom. The van der Waals surface area contributed by atoms with Gasteiger partial charge in [0.2, 0.25) is 0 Å². The Morgan fingerprint density at radius 2 is 1.96 bits per heavy atom. The molecule has 26 heavy (non-hydrogen) atoms. The quantitative estimate of drug-likeness (QED) is 0.754. The lowest BCUT2D eigenvalue weighted by atomic mass is 10.00. The molecule has 0 heterocycles. The predicted octanol–water partition coefficient (Wildman–Crippen LogP) is 5.03. The minimum atomic E-state index is -1.58. The average molecular weight is 360 g/mol. The van der Waals surface area contributed by atoms with Gasteiger partial charge in [-0.1, -0.05) is 24.3 Å². The molecule has 1 aliphatic rings. The average Bonchev–Trinajstić information content (AvgIpc) is 3.28. The zero-order chi connectivity index (χ0) is 18.9. The number of carbonyl (C=O) groups is 1. The van der Waals surface area contributed by atoms with Gasteiger partial charge < -0.3 is 9.84 Å². The normalized spacial score (nSPS) is 21.7. The summed E-state index contributed by atoms with van der Waals surface area (Å²) >= 11 is 0. The second-order valence-electron chi connectivity index (χ2n) is 7.13. The molecule has 5 heteroatoms. The molecule has 2 atom stereocenters. The molecule has 0 unspecified atom stereocenters. The first-order valence-electron chi connectivity index (χ1n) is 8.76. The van der Waals surface area contributed by atoms with Crippen LogP contribution in [-0.4, -0.2) is 22.8 Å². The molecule has 3 rings (SSSR count). The van der Waals surface area contributed by atoms with E-state index in [9.17, 15) is 13.6 Å². The largest absolute Gasteiger partial charge is 0.491 e. The molecular formula is C21H22F2O3. The van der Waals surface area contributed by atoms with Crippen molar-refractivity contribution in [2.75, 3.05) is 0 Å². The Morgan fingerprint density at radius 1 is 1.27 bits per heavy atom. The number of ether oxygens (including phenoxy) is 1. The summed E-state index contributed by atoms with van der Waals surface area (Å²) in [4.78, 5) is 10.8. The molecule has 1 N–H and O–H groups in total. The molecule has 0 saturated heterocycles. The highest BCUT2D eigenvalue weighted by atomic mass is 19.1. The third kappa shape index (κ3) is 4.03. The molecule has 138 valence electrons. The van der Waals surface area contributed by atoms with Gasteiger partial charge in [-0.2, -0.15) is 0 Å². The molecule has 1 saturated carbocycles. The van der Waals surface area contributed by atoms with Gasteiger partial charge in [0, 0.05) is 5.56 Å². The van der Waals surface area contributed by atoms with E-state index in [4.69, 9.17) is 9.84 Å². The number of carboxylic acids is 1. The predicted molar refractivity (Wildman–Crippen MR) is 95.5 cm³/mol. The summed E-state index contributed by atoms with van der Waals surface area (Å²) in [6.07, 6.45) is 0.740. The number of carboxylic acid groups (broad SMARTS) is 1. The van der Waals surface area contributed by atoms with Crippen molar-refractivity contribution in [3.63, 3.8) is 0 Å². The van der Waals surface area contributed by atoms with Gasteiger partial charge in [0.05, 0.1) is 12.0 Å². The number of hydrogen-bond donors (Lipinski definition) is 1. The molecule has 1 aliphatic carbocycles. The molecule has 0 radical (unpaired) electrons. The van der Waals surface area contributed by atoms with Crippen LogP contribution in [0.1, 0.15) is 32.3 Å². The second kappa shape index (κ2) is 7.06. The van der Waals surface area contributed by atoms with Crippen LogP contribution >= 0.6 is 0 Å². The van der Waals surface area contributed by atoms with Crippen LogP contribution in [0.3, 0.4) is 0 Å². The van der Waals surface area contributed by atoms with E-state index < -0.39 is 17.6 Å². The Labute approximate surface area is 151 Å². The van der Waals surface area contributed by atoms with Crippen LogP contribution in [0.4, 0.5) is 8.78 Å². The lowest BCUT2D eigenvalue weighted by Gasteiger charge is -2.12. The van der Waals surface area contributed by atoms with Crippen molar-refractivity contribution in [2.24, 2.45) is 5.92 Å². The maximum atomic E-state index is 14.2. The SMILES string of the molecule is CC(C)Oc1ccc(F)c(-c2ccc(CC[C@@]3(F)C[C@H]3C(=O)O)cc2)c1. The number of aryl methyl sites for hydroxylation is 1. The Balaban J connectivity index is 1.69. The number of alkyl halides is 1. The van der Waals surface area contributed by atoms with Gasteiger partial charge >= 0.3 is 5.97 Å². The summed E-state index contributed by atoms with van der Waals surface area (Å²) in [5.74, 6) is -1.67. The van der Waals surface area contributed by atoms with Crippen molar-refractivity contribution in [1.82, 2.24) is 0 Å². The molecule has 3 nitrogen and oxygen atoms in total. The minimum absolute atomic E-state index is 0.000705. The van der Waals surface area contributed by atoms with Crippen molar-refractivity contribution in [2.45, 2.75) is 44.9 Å². The van der Waals surface area contributed by atoms with Gasteiger partial charge in [-0.15, -0.1) is 0 Å². The van der Waals surface area contributed by atoms with E-state index in [2.05, 4.69) is 0 Å². The second-order valence-corrected chi connectivity index (χ2v) is 7.13. The molecule has 2 aromatic rings. The van der Waals surface area contributed by atoms with Gasteiger partial charge in [0.15, 0.2) is 0 Å². The first-order chi connectivity index (χ1) is 12.3. The van der Waals surface area contributed by atoms with Gasteiger partial charge in [0.1, 0.15) is 17.2 Å². The third-order valence-corrected chi connectivity index (χ3v) is 4.71. The fraction of sp³-hybridized carbons (Fsp3) is 0.381. The number of hydrogen-bond acceptors (Lipinski definition) is 2. The summed E-state index contributed by atoms with van der Waals surface area (Å²) in [6, 6.07) is 11.9. The third-order valence-electron chi connectivity index (χ3n) is 4.71. The van der Waals surface area contributed by atoms with Crippen molar-refractivity contribution in [3.05, 3.63) is 53.8 Å². The molecular weight excluding hydrogens is 338 g/mol. The fourth-order valence-electron chi connectivity index (χ4n) is 3.14. The van der Waals surface area contributed by atoms with E-state index in [0.29, 0.717) is 23.3 Å². The van der Waals surface area contributed by atoms with Crippen LogP contribution in [-0.2, 0) is 11.2 Å². The Hall–Kier alpha value is -2.43. The van der Waals surface area contributed by atoms with Gasteiger partial charge in [0.25, 0.3) is 0 Å². The van der Waals surface area contributed by atoms with Crippen LogP contribution in [0.2, 0.25) is 0 Å². The summed E-state index contributed by atoms with van der Waals surface area (Å²) in [5.41, 5.74) is 0.478. The van der Waals surface area contributed by atoms with E-state index in [0.717, 1.165) is 5.56 Å². The van der Waals surface area contributed by atoms with Gasteiger partial charge in [-0.05, 0) is 62.4 Å². The van der Waals surface area contributed by atoms with Crippen molar-refractivity contribution >= 4 is 5.97 Å². The van der Waals surface area contributed by atoms with Crippen LogP contribution in [0.15, 0.2) is 42.5 Å². The standard InChI is InChI=1S/C21H22F2O3/c1-13(2)26-16-7-8-19(22)17(11-16)15-5-3-14(4-6-15)9-10-21(23)12-18(21)20(24)25/h3-8,11,13,18H,9-10,12H2,1-2H3,(H,24,25)/t18-,21+/m0/s1. The molecule has 0 aliphatic heterocycles. The Bertz CT molecular complexity index is 801. The fourth-order valence-corrected chi connectivity index (χ4v) is 3.14. The van der Waals surface area contributed by atoms with Crippen LogP contribution in [0.5, 0.6) is 5.75 Å². The first-order valence-corrected chi connectivity index (χ1v) is 8.76. The number of aliphatic carboxylic acids is 1. The van der Waals surface area contributed by atoms with Crippen LogP contribution in [0.25, 0.3) is 11.1 Å². The lowest BCUT2D eigenvalue weighted by Crippen LogP contribution is -2.12. The Kier molecular flexibility index (Phi) is 4.99. The van der Waals surface area contributed by atoms with E-state index >= 15 is 0 Å². The van der Waals surface area contributed by atoms with Crippen LogP contribution in [0, 0.1) is 11.7 Å². The summed E-state index contributed by atoms with van der Waals surface area (Å²) in [6.45, 7) is 3.81. The summed E-state index contributed by atoms with van der Waals surface area (Å²) < 4.78 is 34.0.